The van der Waals surface area contributed by atoms with Crippen molar-refractivity contribution in [3.05, 3.63) is 64.5 Å². The summed E-state index contributed by atoms with van der Waals surface area (Å²) in [5, 5.41) is 7.89. The topological polar surface area (TPSA) is 77.2 Å². The lowest BCUT2D eigenvalue weighted by Crippen LogP contribution is -2.37. The fourth-order valence-corrected chi connectivity index (χ4v) is 2.57. The van der Waals surface area contributed by atoms with Crippen LogP contribution < -0.4 is 10.1 Å². The summed E-state index contributed by atoms with van der Waals surface area (Å²) in [6.07, 6.45) is -0.126. The molecule has 1 heterocycles. The monoisotopic (exact) mass is 405 g/mol. The van der Waals surface area contributed by atoms with Gasteiger partial charge in [-0.25, -0.2) is 0 Å². The molecule has 0 aliphatic carbocycles. The maximum absolute atomic E-state index is 12.4. The zero-order valence-electron chi connectivity index (χ0n) is 14.5. The largest absolute Gasteiger partial charge is 0.481 e. The van der Waals surface area contributed by atoms with Gasteiger partial charge in [0, 0.05) is 15.6 Å². The normalized spacial score (nSPS) is 11.8. The molecule has 6 nitrogen and oxygen atoms in total. The lowest BCUT2D eigenvalue weighted by molar-refractivity contribution is -0.128. The quantitative estimate of drug-likeness (QED) is 0.625. The molecule has 27 heavy (non-hydrogen) atoms. The van der Waals surface area contributed by atoms with Gasteiger partial charge in [-0.2, -0.15) is 4.98 Å². The van der Waals surface area contributed by atoms with E-state index < -0.39 is 6.10 Å². The van der Waals surface area contributed by atoms with Crippen molar-refractivity contribution in [2.45, 2.75) is 26.0 Å². The van der Waals surface area contributed by atoms with E-state index in [4.69, 9.17) is 32.5 Å². The highest BCUT2D eigenvalue weighted by Crippen LogP contribution is 2.19. The highest BCUT2D eigenvalue weighted by Gasteiger charge is 2.19. The highest BCUT2D eigenvalue weighted by atomic mass is 35.5. The third-order valence-corrected chi connectivity index (χ3v) is 4.24. The highest BCUT2D eigenvalue weighted by molar-refractivity contribution is 6.30. The van der Waals surface area contributed by atoms with Crippen LogP contribution in [0.3, 0.4) is 0 Å². The summed E-state index contributed by atoms with van der Waals surface area (Å²) in [5.74, 6) is 1.04. The second kappa shape index (κ2) is 8.88. The standard InChI is InChI=1S/C19H17Cl2N3O3/c1-2-16(26-15-9-7-14(21)8-10-15)19(25)22-11-17-23-18(24-27-17)12-3-5-13(20)6-4-12/h3-10,16H,2,11H2,1H3,(H,22,25)/t16-/m0/s1. The first-order valence-electron chi connectivity index (χ1n) is 8.33. The van der Waals surface area contributed by atoms with Crippen molar-refractivity contribution in [2.24, 2.45) is 0 Å². The molecule has 0 bridgehead atoms. The molecule has 0 fully saturated rings. The number of amides is 1. The second-order valence-corrected chi connectivity index (χ2v) is 6.58. The van der Waals surface area contributed by atoms with Crippen LogP contribution in [0.5, 0.6) is 5.75 Å². The Bertz CT molecular complexity index is 895. The van der Waals surface area contributed by atoms with Crippen molar-refractivity contribution >= 4 is 29.1 Å². The number of benzene rings is 2. The predicted molar refractivity (Wildman–Crippen MR) is 103 cm³/mol. The summed E-state index contributed by atoms with van der Waals surface area (Å²) in [7, 11) is 0. The minimum Gasteiger partial charge on any atom is -0.481 e. The van der Waals surface area contributed by atoms with E-state index in [0.29, 0.717) is 33.9 Å². The van der Waals surface area contributed by atoms with Crippen LogP contribution in [0.4, 0.5) is 0 Å². The Hall–Kier alpha value is -2.57. The van der Waals surface area contributed by atoms with Gasteiger partial charge < -0.3 is 14.6 Å². The summed E-state index contributed by atoms with van der Waals surface area (Å²) in [6, 6.07) is 13.9. The van der Waals surface area contributed by atoms with Crippen LogP contribution in [0.2, 0.25) is 10.0 Å². The van der Waals surface area contributed by atoms with Gasteiger partial charge in [0.05, 0.1) is 6.54 Å². The second-order valence-electron chi connectivity index (χ2n) is 5.71. The summed E-state index contributed by atoms with van der Waals surface area (Å²) in [6.45, 7) is 1.98. The average Bonchev–Trinajstić information content (AvgIpc) is 3.15. The van der Waals surface area contributed by atoms with Crippen molar-refractivity contribution in [1.82, 2.24) is 15.5 Å². The number of hydrogen-bond donors (Lipinski definition) is 1. The van der Waals surface area contributed by atoms with Crippen LogP contribution in [0.1, 0.15) is 19.2 Å². The van der Waals surface area contributed by atoms with Crippen LogP contribution in [-0.2, 0) is 11.3 Å². The van der Waals surface area contributed by atoms with Crippen molar-refractivity contribution in [2.75, 3.05) is 0 Å². The number of aromatic nitrogens is 2. The van der Waals surface area contributed by atoms with Crippen LogP contribution in [0.15, 0.2) is 53.1 Å². The van der Waals surface area contributed by atoms with E-state index in [9.17, 15) is 4.79 Å². The Morgan fingerprint density at radius 2 is 1.74 bits per heavy atom. The fraction of sp³-hybridized carbons (Fsp3) is 0.211. The first kappa shape index (κ1) is 19.2. The third-order valence-electron chi connectivity index (χ3n) is 3.74. The molecule has 1 amide bonds. The Labute approximate surface area is 166 Å². The Morgan fingerprint density at radius 1 is 1.11 bits per heavy atom. The van der Waals surface area contributed by atoms with Gasteiger partial charge in [0.2, 0.25) is 11.7 Å². The first-order valence-corrected chi connectivity index (χ1v) is 9.09. The minimum atomic E-state index is -0.634. The van der Waals surface area contributed by atoms with E-state index in [-0.39, 0.29) is 12.5 Å². The molecular weight excluding hydrogens is 389 g/mol. The molecule has 1 atom stereocenters. The number of nitrogens with zero attached hydrogens (tertiary/aromatic N) is 2. The van der Waals surface area contributed by atoms with E-state index in [0.717, 1.165) is 5.56 Å². The summed E-state index contributed by atoms with van der Waals surface area (Å²) >= 11 is 11.7. The average molecular weight is 406 g/mol. The molecule has 0 spiro atoms. The van der Waals surface area contributed by atoms with Gasteiger partial charge in [-0.05, 0) is 55.0 Å². The van der Waals surface area contributed by atoms with Gasteiger partial charge in [0.1, 0.15) is 5.75 Å². The van der Waals surface area contributed by atoms with Crippen molar-refractivity contribution in [1.29, 1.82) is 0 Å². The molecular formula is C19H17Cl2N3O3. The maximum Gasteiger partial charge on any atom is 0.261 e. The first-order chi connectivity index (χ1) is 13.0. The van der Waals surface area contributed by atoms with Crippen molar-refractivity contribution in [3.63, 3.8) is 0 Å². The number of ether oxygens (including phenoxy) is 1. The van der Waals surface area contributed by atoms with E-state index in [1.807, 2.05) is 6.92 Å². The molecule has 0 aliphatic rings. The molecule has 0 saturated carbocycles. The van der Waals surface area contributed by atoms with E-state index >= 15 is 0 Å². The number of rotatable bonds is 7. The number of nitrogens with one attached hydrogen (secondary N) is 1. The van der Waals surface area contributed by atoms with Crippen molar-refractivity contribution in [3.8, 4) is 17.1 Å². The van der Waals surface area contributed by atoms with Gasteiger partial charge in [0.15, 0.2) is 6.10 Å². The molecule has 1 aromatic heterocycles. The van der Waals surface area contributed by atoms with Crippen LogP contribution in [-0.4, -0.2) is 22.2 Å². The lowest BCUT2D eigenvalue weighted by atomic mass is 10.2. The third kappa shape index (κ3) is 5.21. The van der Waals surface area contributed by atoms with Gasteiger partial charge in [0.25, 0.3) is 5.91 Å². The molecule has 0 saturated heterocycles. The van der Waals surface area contributed by atoms with E-state index in [1.54, 1.807) is 48.5 Å². The number of halogens is 2. The number of carbonyl (C=O) groups is 1. The van der Waals surface area contributed by atoms with E-state index in [2.05, 4.69) is 15.5 Å². The molecule has 1 N–H and O–H groups in total. The van der Waals surface area contributed by atoms with Gasteiger partial charge >= 0.3 is 0 Å². The molecule has 3 rings (SSSR count). The van der Waals surface area contributed by atoms with Crippen LogP contribution in [0, 0.1) is 0 Å². The number of carbonyl (C=O) groups excluding carboxylic acids is 1. The van der Waals surface area contributed by atoms with Gasteiger partial charge in [-0.3, -0.25) is 4.79 Å². The molecule has 3 aromatic rings. The van der Waals surface area contributed by atoms with Crippen molar-refractivity contribution < 1.29 is 14.1 Å². The lowest BCUT2D eigenvalue weighted by Gasteiger charge is -2.16. The Kier molecular flexibility index (Phi) is 6.32. The van der Waals surface area contributed by atoms with Crippen LogP contribution in [0.25, 0.3) is 11.4 Å². The Balaban J connectivity index is 1.57. The van der Waals surface area contributed by atoms with E-state index in [1.165, 1.54) is 0 Å². The molecule has 0 radical (unpaired) electrons. The molecule has 8 heteroatoms. The maximum atomic E-state index is 12.4. The zero-order valence-corrected chi connectivity index (χ0v) is 16.0. The molecule has 140 valence electrons. The molecule has 0 aliphatic heterocycles. The summed E-state index contributed by atoms with van der Waals surface area (Å²) in [4.78, 5) is 16.6. The van der Waals surface area contributed by atoms with Gasteiger partial charge in [-0.1, -0.05) is 35.3 Å². The van der Waals surface area contributed by atoms with Gasteiger partial charge in [-0.15, -0.1) is 0 Å². The number of hydrogen-bond acceptors (Lipinski definition) is 5. The minimum absolute atomic E-state index is 0.111. The molecule has 0 unspecified atom stereocenters. The SMILES string of the molecule is CC[C@H](Oc1ccc(Cl)cc1)C(=O)NCc1nc(-c2ccc(Cl)cc2)no1. The zero-order chi connectivity index (χ0) is 19.2. The van der Waals surface area contributed by atoms with Crippen LogP contribution >= 0.6 is 23.2 Å². The smallest absolute Gasteiger partial charge is 0.261 e. The fourth-order valence-electron chi connectivity index (χ4n) is 2.32. The summed E-state index contributed by atoms with van der Waals surface area (Å²) < 4.78 is 10.9. The molecule has 2 aromatic carbocycles. The predicted octanol–water partition coefficient (Wildman–Crippen LogP) is 4.52. The summed E-state index contributed by atoms with van der Waals surface area (Å²) in [5.41, 5.74) is 0.776. The Morgan fingerprint density at radius 3 is 2.37 bits per heavy atom.